The molecule has 3 N–H and O–H groups in total. The van der Waals surface area contributed by atoms with Gasteiger partial charge in [-0.05, 0) is 25.0 Å². The molecule has 1 aliphatic rings. The molecule has 1 fully saturated rings. The van der Waals surface area contributed by atoms with E-state index in [0.717, 1.165) is 25.7 Å². The highest BCUT2D eigenvalue weighted by Gasteiger charge is 2.31. The lowest BCUT2D eigenvalue weighted by Crippen LogP contribution is -2.42. The third-order valence-electron chi connectivity index (χ3n) is 3.75. The standard InChI is InChI=1S/C15H22N2O4/c1-20-12-6-5-11(9-13(12)21-2)17-14(18)16-10-15(19)7-3-4-8-15/h5-6,9,19H,3-4,7-8,10H2,1-2H3,(H2,16,17,18). The zero-order valence-corrected chi connectivity index (χ0v) is 12.4. The number of hydrogen-bond donors (Lipinski definition) is 3. The van der Waals surface area contributed by atoms with Gasteiger partial charge < -0.3 is 25.2 Å². The molecule has 1 aromatic carbocycles. The summed E-state index contributed by atoms with van der Waals surface area (Å²) < 4.78 is 10.3. The van der Waals surface area contributed by atoms with Crippen LogP contribution in [0.2, 0.25) is 0 Å². The van der Waals surface area contributed by atoms with E-state index in [1.807, 2.05) is 0 Å². The van der Waals surface area contributed by atoms with Gasteiger partial charge in [0.15, 0.2) is 11.5 Å². The van der Waals surface area contributed by atoms with Crippen molar-refractivity contribution in [3.63, 3.8) is 0 Å². The lowest BCUT2D eigenvalue weighted by molar-refractivity contribution is 0.0506. The van der Waals surface area contributed by atoms with Crippen molar-refractivity contribution in [1.29, 1.82) is 0 Å². The first-order chi connectivity index (χ1) is 10.1. The fourth-order valence-electron chi connectivity index (χ4n) is 2.54. The number of benzene rings is 1. The number of amides is 2. The number of rotatable bonds is 5. The maximum Gasteiger partial charge on any atom is 0.319 e. The second kappa shape index (κ2) is 6.67. The fourth-order valence-corrected chi connectivity index (χ4v) is 2.54. The van der Waals surface area contributed by atoms with E-state index in [-0.39, 0.29) is 12.6 Å². The molecule has 1 aliphatic carbocycles. The summed E-state index contributed by atoms with van der Waals surface area (Å²) >= 11 is 0. The molecule has 6 heteroatoms. The number of carbonyl (C=O) groups is 1. The minimum absolute atomic E-state index is 0.270. The van der Waals surface area contributed by atoms with Crippen molar-refractivity contribution >= 4 is 11.7 Å². The van der Waals surface area contributed by atoms with Gasteiger partial charge in [-0.3, -0.25) is 0 Å². The Bertz CT molecular complexity index is 498. The van der Waals surface area contributed by atoms with Crippen LogP contribution in [0, 0.1) is 0 Å². The van der Waals surface area contributed by atoms with Gasteiger partial charge in [0.1, 0.15) is 0 Å². The molecule has 116 valence electrons. The Kier molecular flexibility index (Phi) is 4.90. The first-order valence-corrected chi connectivity index (χ1v) is 7.05. The summed E-state index contributed by atoms with van der Waals surface area (Å²) in [5, 5.41) is 15.6. The first kappa shape index (κ1) is 15.4. The minimum atomic E-state index is -0.755. The van der Waals surface area contributed by atoms with Gasteiger partial charge in [-0.2, -0.15) is 0 Å². The van der Waals surface area contributed by atoms with Gasteiger partial charge in [0.05, 0.1) is 19.8 Å². The van der Waals surface area contributed by atoms with Crippen LogP contribution >= 0.6 is 0 Å². The highest BCUT2D eigenvalue weighted by molar-refractivity contribution is 5.89. The van der Waals surface area contributed by atoms with E-state index < -0.39 is 5.60 Å². The molecule has 21 heavy (non-hydrogen) atoms. The van der Waals surface area contributed by atoms with Crippen LogP contribution in [0.25, 0.3) is 0 Å². The van der Waals surface area contributed by atoms with Crippen LogP contribution in [-0.4, -0.2) is 37.5 Å². The summed E-state index contributed by atoms with van der Waals surface area (Å²) in [4.78, 5) is 11.9. The molecule has 1 saturated carbocycles. The molecule has 0 unspecified atom stereocenters. The molecule has 2 rings (SSSR count). The third kappa shape index (κ3) is 4.01. The Hall–Kier alpha value is -1.95. The monoisotopic (exact) mass is 294 g/mol. The van der Waals surface area contributed by atoms with Gasteiger partial charge in [-0.1, -0.05) is 12.8 Å². The number of aliphatic hydroxyl groups is 1. The van der Waals surface area contributed by atoms with Crippen molar-refractivity contribution in [2.75, 3.05) is 26.1 Å². The normalized spacial score (nSPS) is 16.3. The average molecular weight is 294 g/mol. The summed E-state index contributed by atoms with van der Waals surface area (Å²) in [6, 6.07) is 4.79. The van der Waals surface area contributed by atoms with Gasteiger partial charge in [-0.15, -0.1) is 0 Å². The quantitative estimate of drug-likeness (QED) is 0.777. The Balaban J connectivity index is 1.90. The SMILES string of the molecule is COc1ccc(NC(=O)NCC2(O)CCCC2)cc1OC. The number of hydrogen-bond acceptors (Lipinski definition) is 4. The summed E-state index contributed by atoms with van der Waals surface area (Å²) in [5.41, 5.74) is -0.155. The van der Waals surface area contributed by atoms with Crippen LogP contribution in [0.5, 0.6) is 11.5 Å². The smallest absolute Gasteiger partial charge is 0.319 e. The molecule has 0 atom stereocenters. The van der Waals surface area contributed by atoms with Crippen LogP contribution in [0.15, 0.2) is 18.2 Å². The number of carbonyl (C=O) groups excluding carboxylic acids is 1. The first-order valence-electron chi connectivity index (χ1n) is 7.05. The van der Waals surface area contributed by atoms with Crippen LogP contribution in [-0.2, 0) is 0 Å². The summed E-state index contributed by atoms with van der Waals surface area (Å²) in [7, 11) is 3.09. The van der Waals surface area contributed by atoms with Crippen molar-refractivity contribution in [3.05, 3.63) is 18.2 Å². The van der Waals surface area contributed by atoms with Gasteiger partial charge >= 0.3 is 6.03 Å². The minimum Gasteiger partial charge on any atom is -0.493 e. The predicted molar refractivity (Wildman–Crippen MR) is 80.0 cm³/mol. The van der Waals surface area contributed by atoms with Gasteiger partial charge in [-0.25, -0.2) is 4.79 Å². The van der Waals surface area contributed by atoms with E-state index in [2.05, 4.69) is 10.6 Å². The van der Waals surface area contributed by atoms with Gasteiger partial charge in [0.25, 0.3) is 0 Å². The Morgan fingerprint density at radius 1 is 1.24 bits per heavy atom. The number of ether oxygens (including phenoxy) is 2. The van der Waals surface area contributed by atoms with Crippen molar-refractivity contribution in [3.8, 4) is 11.5 Å². The molecule has 0 aliphatic heterocycles. The Morgan fingerprint density at radius 2 is 1.90 bits per heavy atom. The van der Waals surface area contributed by atoms with Crippen LogP contribution in [0.3, 0.4) is 0 Å². The molecule has 0 saturated heterocycles. The second-order valence-electron chi connectivity index (χ2n) is 5.31. The molecule has 1 aromatic rings. The molecular weight excluding hydrogens is 272 g/mol. The van der Waals surface area contributed by atoms with Crippen molar-refractivity contribution < 1.29 is 19.4 Å². The summed E-state index contributed by atoms with van der Waals surface area (Å²) in [6.45, 7) is 0.270. The zero-order chi connectivity index (χ0) is 15.3. The topological polar surface area (TPSA) is 79.8 Å². The highest BCUT2D eigenvalue weighted by atomic mass is 16.5. The molecule has 2 amide bonds. The fraction of sp³-hybridized carbons (Fsp3) is 0.533. The van der Waals surface area contributed by atoms with E-state index in [9.17, 15) is 9.90 Å². The molecule has 6 nitrogen and oxygen atoms in total. The lowest BCUT2D eigenvalue weighted by atomic mass is 10.0. The number of urea groups is 1. The molecular formula is C15H22N2O4. The van der Waals surface area contributed by atoms with Crippen LogP contribution < -0.4 is 20.1 Å². The maximum absolute atomic E-state index is 11.9. The van der Waals surface area contributed by atoms with Crippen LogP contribution in [0.1, 0.15) is 25.7 Å². The predicted octanol–water partition coefficient (Wildman–Crippen LogP) is 2.13. The maximum atomic E-state index is 11.9. The van der Waals surface area contributed by atoms with E-state index >= 15 is 0 Å². The number of methoxy groups -OCH3 is 2. The number of nitrogens with one attached hydrogen (secondary N) is 2. The highest BCUT2D eigenvalue weighted by Crippen LogP contribution is 2.30. The van der Waals surface area contributed by atoms with Gasteiger partial charge in [0, 0.05) is 18.3 Å². The molecule has 0 heterocycles. The van der Waals surface area contributed by atoms with Gasteiger partial charge in [0.2, 0.25) is 0 Å². The van der Waals surface area contributed by atoms with E-state index in [1.54, 1.807) is 25.3 Å². The second-order valence-corrected chi connectivity index (χ2v) is 5.31. The van der Waals surface area contributed by atoms with Crippen molar-refractivity contribution in [1.82, 2.24) is 5.32 Å². The largest absolute Gasteiger partial charge is 0.493 e. The van der Waals surface area contributed by atoms with Crippen molar-refractivity contribution in [2.45, 2.75) is 31.3 Å². The summed E-state index contributed by atoms with van der Waals surface area (Å²) in [6.07, 6.45) is 3.50. The Labute approximate surface area is 124 Å². The van der Waals surface area contributed by atoms with Crippen LogP contribution in [0.4, 0.5) is 10.5 Å². The molecule has 0 spiro atoms. The van der Waals surface area contributed by atoms with E-state index in [0.29, 0.717) is 17.2 Å². The zero-order valence-electron chi connectivity index (χ0n) is 12.4. The molecule has 0 aromatic heterocycles. The molecule has 0 bridgehead atoms. The Morgan fingerprint density at radius 3 is 2.52 bits per heavy atom. The summed E-state index contributed by atoms with van der Waals surface area (Å²) in [5.74, 6) is 1.15. The van der Waals surface area contributed by atoms with E-state index in [1.165, 1.54) is 7.11 Å². The third-order valence-corrected chi connectivity index (χ3v) is 3.75. The average Bonchev–Trinajstić information content (AvgIpc) is 2.92. The van der Waals surface area contributed by atoms with Crippen molar-refractivity contribution in [2.24, 2.45) is 0 Å². The lowest BCUT2D eigenvalue weighted by Gasteiger charge is -2.22. The van der Waals surface area contributed by atoms with E-state index in [4.69, 9.17) is 9.47 Å². The number of anilines is 1. The molecule has 0 radical (unpaired) electrons.